The zero-order valence-corrected chi connectivity index (χ0v) is 9.46. The third kappa shape index (κ3) is 2.36. The summed E-state index contributed by atoms with van der Waals surface area (Å²) in [7, 11) is 0. The topological polar surface area (TPSA) is 55.6 Å². The summed E-state index contributed by atoms with van der Waals surface area (Å²) in [5.74, 6) is 0. The summed E-state index contributed by atoms with van der Waals surface area (Å²) in [5.41, 5.74) is 2.07. The Hall–Kier alpha value is -1.91. The van der Waals surface area contributed by atoms with Gasteiger partial charge < -0.3 is 5.32 Å². The second-order valence-corrected chi connectivity index (χ2v) is 3.75. The molecule has 0 saturated heterocycles. The van der Waals surface area contributed by atoms with Crippen molar-refractivity contribution in [2.45, 2.75) is 26.3 Å². The lowest BCUT2D eigenvalue weighted by Gasteiger charge is -2.12. The fourth-order valence-corrected chi connectivity index (χ4v) is 1.38. The smallest absolute Gasteiger partial charge is 0.143 e. The van der Waals surface area contributed by atoms with Crippen LogP contribution in [0.3, 0.4) is 0 Å². The van der Waals surface area contributed by atoms with Gasteiger partial charge in [-0.2, -0.15) is 0 Å². The van der Waals surface area contributed by atoms with Gasteiger partial charge in [0.05, 0.1) is 5.69 Å². The van der Waals surface area contributed by atoms with Crippen molar-refractivity contribution in [3.63, 3.8) is 0 Å². The molecule has 0 bridgehead atoms. The summed E-state index contributed by atoms with van der Waals surface area (Å²) < 4.78 is 1.63. The number of rotatable bonds is 4. The van der Waals surface area contributed by atoms with E-state index in [-0.39, 0.29) is 0 Å². The average Bonchev–Trinajstić information content (AvgIpc) is 2.83. The first kappa shape index (κ1) is 10.6. The molecular formula is C11H15N5. The molecule has 84 valence electrons. The molecule has 0 aliphatic heterocycles. The van der Waals surface area contributed by atoms with E-state index in [2.05, 4.69) is 34.7 Å². The number of hydrogen-bond acceptors (Lipinski definition) is 4. The van der Waals surface area contributed by atoms with Gasteiger partial charge in [0, 0.05) is 11.7 Å². The highest BCUT2D eigenvalue weighted by atomic mass is 15.5. The van der Waals surface area contributed by atoms with Crippen LogP contribution in [0, 0.1) is 0 Å². The van der Waals surface area contributed by atoms with E-state index in [0.29, 0.717) is 6.04 Å². The number of benzene rings is 1. The Morgan fingerprint density at radius 3 is 2.62 bits per heavy atom. The van der Waals surface area contributed by atoms with Crippen LogP contribution in [0.25, 0.3) is 5.69 Å². The van der Waals surface area contributed by atoms with Crippen LogP contribution in [0.5, 0.6) is 0 Å². The van der Waals surface area contributed by atoms with Gasteiger partial charge in [-0.05, 0) is 48.0 Å². The molecule has 0 aliphatic rings. The Morgan fingerprint density at radius 2 is 2.06 bits per heavy atom. The Kier molecular flexibility index (Phi) is 3.14. The molecule has 1 atom stereocenters. The zero-order chi connectivity index (χ0) is 11.4. The van der Waals surface area contributed by atoms with Crippen LogP contribution in [0.2, 0.25) is 0 Å². The summed E-state index contributed by atoms with van der Waals surface area (Å²) in [6, 6.07) is 8.52. The molecule has 2 aromatic rings. The predicted octanol–water partition coefficient (Wildman–Crippen LogP) is 1.87. The molecule has 1 heterocycles. The molecule has 1 aromatic heterocycles. The van der Waals surface area contributed by atoms with E-state index >= 15 is 0 Å². The Labute approximate surface area is 94.5 Å². The van der Waals surface area contributed by atoms with E-state index in [4.69, 9.17) is 0 Å². The van der Waals surface area contributed by atoms with Crippen molar-refractivity contribution >= 4 is 5.69 Å². The van der Waals surface area contributed by atoms with Crippen LogP contribution in [0.1, 0.15) is 20.3 Å². The van der Waals surface area contributed by atoms with E-state index < -0.39 is 0 Å². The van der Waals surface area contributed by atoms with Crippen LogP contribution >= 0.6 is 0 Å². The number of nitrogens with one attached hydrogen (secondary N) is 1. The van der Waals surface area contributed by atoms with Crippen molar-refractivity contribution in [1.82, 2.24) is 20.2 Å². The second-order valence-electron chi connectivity index (χ2n) is 3.75. The van der Waals surface area contributed by atoms with Gasteiger partial charge in [-0.25, -0.2) is 4.68 Å². The number of tetrazole rings is 1. The van der Waals surface area contributed by atoms with Crippen LogP contribution < -0.4 is 5.32 Å². The monoisotopic (exact) mass is 217 g/mol. The van der Waals surface area contributed by atoms with Gasteiger partial charge in [0.2, 0.25) is 0 Å². The van der Waals surface area contributed by atoms with Crippen LogP contribution in [-0.4, -0.2) is 26.2 Å². The van der Waals surface area contributed by atoms with Crippen molar-refractivity contribution in [2.24, 2.45) is 0 Å². The first-order valence-electron chi connectivity index (χ1n) is 5.39. The lowest BCUT2D eigenvalue weighted by Crippen LogP contribution is -2.13. The number of anilines is 1. The van der Waals surface area contributed by atoms with E-state index in [0.717, 1.165) is 17.8 Å². The first-order valence-corrected chi connectivity index (χ1v) is 5.39. The van der Waals surface area contributed by atoms with Crippen molar-refractivity contribution in [1.29, 1.82) is 0 Å². The minimum absolute atomic E-state index is 0.485. The lowest BCUT2D eigenvalue weighted by molar-refractivity contribution is 0.763. The standard InChI is InChI=1S/C11H15N5/c1-3-9(2)13-10-4-6-11(7-5-10)16-8-12-14-15-16/h4-9,13H,3H2,1-2H3. The largest absolute Gasteiger partial charge is 0.383 e. The molecule has 0 aliphatic carbocycles. The molecule has 1 unspecified atom stereocenters. The van der Waals surface area contributed by atoms with Gasteiger partial charge in [-0.15, -0.1) is 5.10 Å². The predicted molar refractivity (Wildman–Crippen MR) is 62.5 cm³/mol. The maximum atomic E-state index is 3.83. The Bertz CT molecular complexity index is 420. The first-order chi connectivity index (χ1) is 7.79. The third-order valence-corrected chi connectivity index (χ3v) is 2.51. The van der Waals surface area contributed by atoms with Gasteiger partial charge in [0.15, 0.2) is 0 Å². The second kappa shape index (κ2) is 4.74. The maximum absolute atomic E-state index is 3.83. The van der Waals surface area contributed by atoms with E-state index in [9.17, 15) is 0 Å². The fraction of sp³-hybridized carbons (Fsp3) is 0.364. The molecule has 0 amide bonds. The quantitative estimate of drug-likeness (QED) is 0.849. The molecule has 2 rings (SSSR count). The number of nitrogens with zero attached hydrogens (tertiary/aromatic N) is 4. The minimum Gasteiger partial charge on any atom is -0.383 e. The van der Waals surface area contributed by atoms with Crippen LogP contribution in [0.15, 0.2) is 30.6 Å². The average molecular weight is 217 g/mol. The SMILES string of the molecule is CCC(C)Nc1ccc(-n2cnnn2)cc1. The minimum atomic E-state index is 0.485. The highest BCUT2D eigenvalue weighted by Crippen LogP contribution is 2.13. The summed E-state index contributed by atoms with van der Waals surface area (Å²) in [6.45, 7) is 4.32. The van der Waals surface area contributed by atoms with Gasteiger partial charge in [0.25, 0.3) is 0 Å². The van der Waals surface area contributed by atoms with Gasteiger partial charge >= 0.3 is 0 Å². The van der Waals surface area contributed by atoms with Crippen molar-refractivity contribution in [3.8, 4) is 5.69 Å². The molecule has 16 heavy (non-hydrogen) atoms. The molecule has 1 aromatic carbocycles. The summed E-state index contributed by atoms with van der Waals surface area (Å²) in [6.07, 6.45) is 2.69. The van der Waals surface area contributed by atoms with E-state index in [1.165, 1.54) is 0 Å². The molecular weight excluding hydrogens is 202 g/mol. The highest BCUT2D eigenvalue weighted by molar-refractivity contribution is 5.48. The van der Waals surface area contributed by atoms with E-state index in [1.54, 1.807) is 11.0 Å². The molecule has 0 spiro atoms. The van der Waals surface area contributed by atoms with Crippen LogP contribution in [-0.2, 0) is 0 Å². The van der Waals surface area contributed by atoms with Crippen molar-refractivity contribution < 1.29 is 0 Å². The Balaban J connectivity index is 2.11. The van der Waals surface area contributed by atoms with Crippen molar-refractivity contribution in [3.05, 3.63) is 30.6 Å². The van der Waals surface area contributed by atoms with Gasteiger partial charge in [0.1, 0.15) is 6.33 Å². The molecule has 5 nitrogen and oxygen atoms in total. The number of hydrogen-bond donors (Lipinski definition) is 1. The molecule has 5 heteroatoms. The fourth-order valence-electron chi connectivity index (χ4n) is 1.38. The normalized spacial score (nSPS) is 12.4. The van der Waals surface area contributed by atoms with Crippen molar-refractivity contribution in [2.75, 3.05) is 5.32 Å². The van der Waals surface area contributed by atoms with Gasteiger partial charge in [-0.1, -0.05) is 6.92 Å². The maximum Gasteiger partial charge on any atom is 0.143 e. The summed E-state index contributed by atoms with van der Waals surface area (Å²) in [4.78, 5) is 0. The van der Waals surface area contributed by atoms with E-state index in [1.807, 2.05) is 24.3 Å². The van der Waals surface area contributed by atoms with Gasteiger partial charge in [-0.3, -0.25) is 0 Å². The van der Waals surface area contributed by atoms with Crippen LogP contribution in [0.4, 0.5) is 5.69 Å². The number of aromatic nitrogens is 4. The third-order valence-electron chi connectivity index (χ3n) is 2.51. The summed E-state index contributed by atoms with van der Waals surface area (Å²) >= 11 is 0. The Morgan fingerprint density at radius 1 is 1.31 bits per heavy atom. The molecule has 0 fully saturated rings. The molecule has 1 N–H and O–H groups in total. The highest BCUT2D eigenvalue weighted by Gasteiger charge is 2.00. The lowest BCUT2D eigenvalue weighted by atomic mass is 10.2. The summed E-state index contributed by atoms with van der Waals surface area (Å²) in [5, 5.41) is 14.4. The molecule has 0 radical (unpaired) electrons. The molecule has 0 saturated carbocycles. The zero-order valence-electron chi connectivity index (χ0n) is 9.46.